The Morgan fingerprint density at radius 1 is 0.970 bits per heavy atom. The maximum absolute atomic E-state index is 15.0. The number of halogens is 1. The lowest BCUT2D eigenvalue weighted by Gasteiger charge is -2.42. The summed E-state index contributed by atoms with van der Waals surface area (Å²) in [5, 5.41) is 0.998. The highest BCUT2D eigenvalue weighted by molar-refractivity contribution is 5.83. The van der Waals surface area contributed by atoms with Crippen molar-refractivity contribution in [2.24, 2.45) is 5.92 Å². The highest BCUT2D eigenvalue weighted by atomic mass is 19.1. The molecule has 0 aliphatic carbocycles. The molecular weight excluding hydrogens is 413 g/mol. The molecule has 1 aliphatic rings. The number of fused-ring (bicyclic) bond motifs is 1. The number of hydrogen-bond acceptors (Lipinski definition) is 4. The number of hydrogen-bond donors (Lipinski definition) is 2. The summed E-state index contributed by atoms with van der Waals surface area (Å²) in [7, 11) is 1.89. The lowest BCUT2D eigenvalue weighted by Crippen LogP contribution is -2.56. The van der Waals surface area contributed by atoms with Gasteiger partial charge in [0.1, 0.15) is 17.2 Å². The van der Waals surface area contributed by atoms with Crippen molar-refractivity contribution in [2.75, 3.05) is 20.1 Å². The Kier molecular flexibility index (Phi) is 6.27. The molecule has 5 heteroatoms. The van der Waals surface area contributed by atoms with E-state index in [9.17, 15) is 0 Å². The zero-order valence-corrected chi connectivity index (χ0v) is 19.1. The van der Waals surface area contributed by atoms with Gasteiger partial charge in [-0.25, -0.2) is 4.39 Å². The van der Waals surface area contributed by atoms with Crippen LogP contribution in [0.15, 0.2) is 77.2 Å². The lowest BCUT2D eigenvalue weighted by molar-refractivity contribution is 0.0656. The second-order valence-electron chi connectivity index (χ2n) is 9.10. The number of furan rings is 1. The van der Waals surface area contributed by atoms with Crippen molar-refractivity contribution in [3.63, 3.8) is 0 Å². The van der Waals surface area contributed by atoms with E-state index in [-0.39, 0.29) is 5.82 Å². The predicted octanol–water partition coefficient (Wildman–Crippen LogP) is 5.37. The minimum Gasteiger partial charge on any atom is -0.456 e. The van der Waals surface area contributed by atoms with Gasteiger partial charge in [0, 0.05) is 37.0 Å². The van der Waals surface area contributed by atoms with Gasteiger partial charge in [0.2, 0.25) is 0 Å². The van der Waals surface area contributed by atoms with Crippen LogP contribution in [0.5, 0.6) is 0 Å². The van der Waals surface area contributed by atoms with Crippen molar-refractivity contribution in [1.82, 2.24) is 15.8 Å². The molecule has 33 heavy (non-hydrogen) atoms. The SMILES string of the molecule is CNNC(C)C1CN(Cc2ccc(-c3cc4cc(Cc5ccccc5)ccc4o3)c(F)c2)C1. The Morgan fingerprint density at radius 2 is 1.76 bits per heavy atom. The minimum atomic E-state index is -0.238. The molecule has 5 rings (SSSR count). The van der Waals surface area contributed by atoms with E-state index in [1.54, 1.807) is 6.07 Å². The topological polar surface area (TPSA) is 40.4 Å². The van der Waals surface area contributed by atoms with Crippen LogP contribution in [0.2, 0.25) is 0 Å². The molecule has 1 aliphatic heterocycles. The van der Waals surface area contributed by atoms with E-state index < -0.39 is 0 Å². The van der Waals surface area contributed by atoms with Crippen LogP contribution in [0, 0.1) is 11.7 Å². The summed E-state index contributed by atoms with van der Waals surface area (Å²) in [4.78, 5) is 2.35. The monoisotopic (exact) mass is 443 g/mol. The predicted molar refractivity (Wildman–Crippen MR) is 131 cm³/mol. The maximum Gasteiger partial charge on any atom is 0.138 e. The second-order valence-corrected chi connectivity index (χ2v) is 9.10. The van der Waals surface area contributed by atoms with Gasteiger partial charge in [0.15, 0.2) is 0 Å². The van der Waals surface area contributed by atoms with Crippen LogP contribution < -0.4 is 10.9 Å². The third-order valence-electron chi connectivity index (χ3n) is 6.60. The number of rotatable bonds is 8. The summed E-state index contributed by atoms with van der Waals surface area (Å²) >= 11 is 0. The average Bonchev–Trinajstić information content (AvgIpc) is 3.20. The molecule has 4 aromatic rings. The molecule has 4 nitrogen and oxygen atoms in total. The van der Waals surface area contributed by atoms with E-state index in [1.807, 2.05) is 37.4 Å². The molecule has 1 aromatic heterocycles. The Labute approximate surface area is 194 Å². The van der Waals surface area contributed by atoms with Crippen LogP contribution in [0.4, 0.5) is 4.39 Å². The normalized spacial score (nSPS) is 15.6. The van der Waals surface area contributed by atoms with Gasteiger partial charge in [-0.2, -0.15) is 0 Å². The first-order chi connectivity index (χ1) is 16.1. The number of hydrazine groups is 1. The van der Waals surface area contributed by atoms with Crippen LogP contribution in [-0.2, 0) is 13.0 Å². The number of benzene rings is 3. The molecule has 1 unspecified atom stereocenters. The van der Waals surface area contributed by atoms with E-state index in [4.69, 9.17) is 4.42 Å². The van der Waals surface area contributed by atoms with E-state index in [1.165, 1.54) is 11.1 Å². The number of nitrogens with one attached hydrogen (secondary N) is 2. The standard InChI is InChI=1S/C28H30FN3O/c1-19(31-30-2)24-17-32(18-24)16-22-8-10-25(26(29)14-22)28-15-23-13-21(9-11-27(23)33-28)12-20-6-4-3-5-7-20/h3-11,13-15,19,24,30-31H,12,16-18H2,1-2H3. The fourth-order valence-corrected chi connectivity index (χ4v) is 4.68. The molecule has 0 saturated carbocycles. The van der Waals surface area contributed by atoms with Gasteiger partial charge >= 0.3 is 0 Å². The Balaban J connectivity index is 1.27. The van der Waals surface area contributed by atoms with Crippen molar-refractivity contribution in [3.8, 4) is 11.3 Å². The Morgan fingerprint density at radius 3 is 2.52 bits per heavy atom. The van der Waals surface area contributed by atoms with Gasteiger partial charge < -0.3 is 4.42 Å². The molecular formula is C28H30FN3O. The third-order valence-corrected chi connectivity index (χ3v) is 6.60. The Bertz CT molecular complexity index is 1230. The third kappa shape index (κ3) is 4.86. The summed E-state index contributed by atoms with van der Waals surface area (Å²) in [5.74, 6) is 0.948. The summed E-state index contributed by atoms with van der Waals surface area (Å²) in [5.41, 5.74) is 11.0. The van der Waals surface area contributed by atoms with Crippen molar-refractivity contribution in [2.45, 2.75) is 25.9 Å². The summed E-state index contributed by atoms with van der Waals surface area (Å²) in [6.07, 6.45) is 0.863. The van der Waals surface area contributed by atoms with Gasteiger partial charge in [0.05, 0.1) is 5.56 Å². The first-order valence-electron chi connectivity index (χ1n) is 11.6. The van der Waals surface area contributed by atoms with Gasteiger partial charge in [-0.15, -0.1) is 0 Å². The molecule has 0 amide bonds. The highest BCUT2D eigenvalue weighted by Crippen LogP contribution is 2.31. The molecule has 2 heterocycles. The largest absolute Gasteiger partial charge is 0.456 e. The van der Waals surface area contributed by atoms with Crippen LogP contribution in [0.1, 0.15) is 23.6 Å². The molecule has 1 atom stereocenters. The average molecular weight is 444 g/mol. The highest BCUT2D eigenvalue weighted by Gasteiger charge is 2.30. The van der Waals surface area contributed by atoms with Gasteiger partial charge in [-0.1, -0.05) is 42.5 Å². The van der Waals surface area contributed by atoms with Crippen molar-refractivity contribution in [1.29, 1.82) is 0 Å². The van der Waals surface area contributed by atoms with Crippen molar-refractivity contribution >= 4 is 11.0 Å². The first kappa shape index (κ1) is 21.8. The molecule has 1 fully saturated rings. The van der Waals surface area contributed by atoms with E-state index in [0.717, 1.165) is 42.6 Å². The zero-order chi connectivity index (χ0) is 22.8. The van der Waals surface area contributed by atoms with Crippen LogP contribution in [0.25, 0.3) is 22.3 Å². The fourth-order valence-electron chi connectivity index (χ4n) is 4.68. The van der Waals surface area contributed by atoms with Crippen molar-refractivity contribution < 1.29 is 8.81 Å². The lowest BCUT2D eigenvalue weighted by atomic mass is 9.92. The Hall–Kier alpha value is -2.99. The minimum absolute atomic E-state index is 0.238. The van der Waals surface area contributed by atoms with Crippen molar-refractivity contribution in [3.05, 3.63) is 95.3 Å². The first-order valence-corrected chi connectivity index (χ1v) is 11.6. The number of nitrogens with zero attached hydrogens (tertiary/aromatic N) is 1. The molecule has 0 radical (unpaired) electrons. The number of likely N-dealkylation sites (tertiary alicyclic amines) is 1. The van der Waals surface area contributed by atoms with E-state index in [2.05, 4.69) is 59.1 Å². The molecule has 0 bridgehead atoms. The zero-order valence-electron chi connectivity index (χ0n) is 19.1. The molecule has 1 saturated heterocycles. The second kappa shape index (κ2) is 9.48. The van der Waals surface area contributed by atoms with Gasteiger partial charge in [-0.3, -0.25) is 15.8 Å². The summed E-state index contributed by atoms with van der Waals surface area (Å²) in [6.45, 7) is 5.00. The van der Waals surface area contributed by atoms with Gasteiger partial charge in [0.25, 0.3) is 0 Å². The maximum atomic E-state index is 15.0. The summed E-state index contributed by atoms with van der Waals surface area (Å²) < 4.78 is 21.0. The van der Waals surface area contributed by atoms with Crippen LogP contribution in [0.3, 0.4) is 0 Å². The molecule has 3 aromatic carbocycles. The molecule has 0 spiro atoms. The van der Waals surface area contributed by atoms with Gasteiger partial charge in [-0.05, 0) is 67.4 Å². The van der Waals surface area contributed by atoms with E-state index in [0.29, 0.717) is 23.3 Å². The van der Waals surface area contributed by atoms with E-state index >= 15 is 4.39 Å². The fraction of sp³-hybridized carbons (Fsp3) is 0.286. The quantitative estimate of drug-likeness (QED) is 0.359. The van der Waals surface area contributed by atoms with Crippen LogP contribution in [-0.4, -0.2) is 31.1 Å². The molecule has 170 valence electrons. The van der Waals surface area contributed by atoms with Crippen LogP contribution >= 0.6 is 0 Å². The summed E-state index contributed by atoms with van der Waals surface area (Å²) in [6, 6.07) is 24.4. The smallest absolute Gasteiger partial charge is 0.138 e. The molecule has 2 N–H and O–H groups in total.